The Morgan fingerprint density at radius 2 is 2.12 bits per heavy atom. The molecule has 0 aliphatic carbocycles. The Hall–Kier alpha value is -2.71. The van der Waals surface area contributed by atoms with Gasteiger partial charge in [-0.25, -0.2) is 14.8 Å². The molecule has 88 valence electrons. The smallest absolute Gasteiger partial charge is 0.341 e. The van der Waals surface area contributed by atoms with Gasteiger partial charge in [0.05, 0.1) is 0 Å². The normalized spacial score (nSPS) is 10.1. The van der Waals surface area contributed by atoms with Crippen LogP contribution in [0.5, 0.6) is 6.01 Å². The van der Waals surface area contributed by atoms with Crippen molar-refractivity contribution in [3.05, 3.63) is 18.5 Å². The van der Waals surface area contributed by atoms with Crippen LogP contribution in [0.25, 0.3) is 11.6 Å². The molecule has 2 rings (SSSR count). The number of ether oxygens (including phenoxy) is 1. The van der Waals surface area contributed by atoms with Crippen LogP contribution in [0.4, 0.5) is 0 Å². The quantitative estimate of drug-likeness (QED) is 0.678. The van der Waals surface area contributed by atoms with E-state index in [1.807, 2.05) is 0 Å². The van der Waals surface area contributed by atoms with Gasteiger partial charge in [-0.15, -0.1) is 0 Å². The highest BCUT2D eigenvalue weighted by atomic mass is 16.5. The number of nitrogens with zero attached hydrogens (tertiary/aromatic N) is 5. The highest BCUT2D eigenvalue weighted by Crippen LogP contribution is 2.13. The van der Waals surface area contributed by atoms with Crippen molar-refractivity contribution in [3.8, 4) is 17.7 Å². The van der Waals surface area contributed by atoms with Crippen LogP contribution in [0.1, 0.15) is 0 Å². The monoisotopic (exact) mass is 237 g/mol. The molecule has 2 heterocycles. The number of rotatable bonds is 4. The third kappa shape index (κ3) is 2.45. The van der Waals surface area contributed by atoms with Gasteiger partial charge in [-0.3, -0.25) is 0 Å². The molecule has 0 fully saturated rings. The molecule has 2 aromatic heterocycles. The van der Waals surface area contributed by atoms with Crippen molar-refractivity contribution >= 4 is 5.97 Å². The fourth-order valence-corrected chi connectivity index (χ4v) is 1.03. The number of carbonyl (C=O) groups is 1. The molecule has 9 nitrogen and oxygen atoms in total. The zero-order valence-electron chi connectivity index (χ0n) is 8.39. The summed E-state index contributed by atoms with van der Waals surface area (Å²) in [6.45, 7) is -0.598. The summed E-state index contributed by atoms with van der Waals surface area (Å²) < 4.78 is 4.69. The minimum absolute atomic E-state index is 0.0361. The summed E-state index contributed by atoms with van der Waals surface area (Å²) >= 11 is 0. The molecule has 2 aromatic rings. The van der Waals surface area contributed by atoms with E-state index >= 15 is 0 Å². The predicted octanol–water partition coefficient (Wildman–Crippen LogP) is -0.564. The lowest BCUT2D eigenvalue weighted by molar-refractivity contribution is -0.139. The molecule has 0 saturated carbocycles. The van der Waals surface area contributed by atoms with Crippen LogP contribution >= 0.6 is 0 Å². The minimum Gasteiger partial charge on any atom is -0.479 e. The van der Waals surface area contributed by atoms with E-state index in [2.05, 4.69) is 20.1 Å². The molecule has 0 aliphatic rings. The Kier molecular flexibility index (Phi) is 2.81. The lowest BCUT2D eigenvalue weighted by Crippen LogP contribution is -2.10. The van der Waals surface area contributed by atoms with Gasteiger partial charge >= 0.3 is 12.0 Å². The van der Waals surface area contributed by atoms with Crippen LogP contribution in [0.15, 0.2) is 18.5 Å². The van der Waals surface area contributed by atoms with E-state index in [0.29, 0.717) is 4.85 Å². The molecular formula is C8H7N5O4. The summed E-state index contributed by atoms with van der Waals surface area (Å²) in [4.78, 5) is 22.1. The van der Waals surface area contributed by atoms with Crippen LogP contribution in [0.3, 0.4) is 0 Å². The van der Waals surface area contributed by atoms with Crippen LogP contribution < -0.4 is 4.74 Å². The number of aromatic nitrogens is 5. The molecule has 0 bridgehead atoms. The van der Waals surface area contributed by atoms with E-state index in [1.54, 1.807) is 6.07 Å². The first-order valence-electron chi connectivity index (χ1n) is 4.45. The summed E-state index contributed by atoms with van der Waals surface area (Å²) in [5.74, 6) is -1.06. The summed E-state index contributed by atoms with van der Waals surface area (Å²) in [6.07, 6.45) is 2.93. The topological polar surface area (TPSA) is 123 Å². The molecule has 0 unspecified atom stereocenters. The van der Waals surface area contributed by atoms with Gasteiger partial charge in [-0.2, -0.15) is 4.98 Å². The fraction of sp³-hybridized carbons (Fsp3) is 0.125. The SMILES string of the molecule is O=C(O)COc1nc(-c2ncccn2)n(O)n1. The maximum atomic E-state index is 10.3. The average Bonchev–Trinajstić information content (AvgIpc) is 2.69. The van der Waals surface area contributed by atoms with E-state index < -0.39 is 12.6 Å². The maximum absolute atomic E-state index is 10.3. The van der Waals surface area contributed by atoms with E-state index in [-0.39, 0.29) is 17.7 Å². The predicted molar refractivity (Wildman–Crippen MR) is 51.4 cm³/mol. The lowest BCUT2D eigenvalue weighted by Gasteiger charge is -1.94. The molecule has 17 heavy (non-hydrogen) atoms. The van der Waals surface area contributed by atoms with Gasteiger partial charge in [0.15, 0.2) is 6.61 Å². The van der Waals surface area contributed by atoms with Gasteiger partial charge in [0.1, 0.15) is 0 Å². The van der Waals surface area contributed by atoms with Crippen molar-refractivity contribution in [3.63, 3.8) is 0 Å². The van der Waals surface area contributed by atoms with Crippen molar-refractivity contribution in [1.29, 1.82) is 0 Å². The van der Waals surface area contributed by atoms with Gasteiger partial charge in [0, 0.05) is 12.4 Å². The highest BCUT2D eigenvalue weighted by Gasteiger charge is 2.15. The largest absolute Gasteiger partial charge is 0.479 e. The van der Waals surface area contributed by atoms with E-state index in [1.165, 1.54) is 12.4 Å². The standard InChI is InChI=1S/C8H7N5O4/c14-5(15)4-17-8-11-7(13(16)12-8)6-9-2-1-3-10-6/h1-3,16H,4H2,(H,14,15). The van der Waals surface area contributed by atoms with Crippen LogP contribution in [-0.2, 0) is 4.79 Å². The summed E-state index contributed by atoms with van der Waals surface area (Å²) in [6, 6.07) is 1.33. The van der Waals surface area contributed by atoms with E-state index in [4.69, 9.17) is 9.84 Å². The summed E-state index contributed by atoms with van der Waals surface area (Å²) in [5, 5.41) is 21.2. The van der Waals surface area contributed by atoms with Crippen molar-refractivity contribution in [2.45, 2.75) is 0 Å². The Bertz CT molecular complexity index is 526. The third-order valence-corrected chi connectivity index (χ3v) is 1.66. The van der Waals surface area contributed by atoms with E-state index in [9.17, 15) is 10.0 Å². The van der Waals surface area contributed by atoms with Gasteiger partial charge in [0.2, 0.25) is 11.6 Å². The highest BCUT2D eigenvalue weighted by molar-refractivity contribution is 5.68. The number of carboxylic acid groups (broad SMARTS) is 1. The Morgan fingerprint density at radius 3 is 2.76 bits per heavy atom. The Labute approximate surface area is 94.3 Å². The molecule has 2 N–H and O–H groups in total. The number of hydrogen-bond donors (Lipinski definition) is 2. The lowest BCUT2D eigenvalue weighted by atomic mass is 10.5. The molecule has 0 spiro atoms. The number of hydrogen-bond acceptors (Lipinski definition) is 7. The zero-order valence-corrected chi connectivity index (χ0v) is 8.39. The number of carboxylic acids is 1. The van der Waals surface area contributed by atoms with Crippen molar-refractivity contribution in [2.75, 3.05) is 6.61 Å². The molecule has 0 radical (unpaired) electrons. The third-order valence-electron chi connectivity index (χ3n) is 1.66. The van der Waals surface area contributed by atoms with Crippen LogP contribution in [0, 0.1) is 0 Å². The molecular weight excluding hydrogens is 230 g/mol. The van der Waals surface area contributed by atoms with Gasteiger partial charge in [0.25, 0.3) is 0 Å². The summed E-state index contributed by atoms with van der Waals surface area (Å²) in [5.41, 5.74) is 0. The first-order chi connectivity index (χ1) is 8.16. The molecule has 0 aliphatic heterocycles. The molecule has 0 aromatic carbocycles. The Balaban J connectivity index is 2.22. The van der Waals surface area contributed by atoms with Gasteiger partial charge in [-0.05, 0) is 6.07 Å². The van der Waals surface area contributed by atoms with Crippen molar-refractivity contribution in [2.24, 2.45) is 0 Å². The molecule has 0 amide bonds. The first kappa shape index (κ1) is 10.8. The van der Waals surface area contributed by atoms with Crippen LogP contribution in [-0.4, -0.2) is 47.8 Å². The first-order valence-corrected chi connectivity index (χ1v) is 4.45. The van der Waals surface area contributed by atoms with Gasteiger partial charge in [-0.1, -0.05) is 9.94 Å². The second kappa shape index (κ2) is 4.43. The maximum Gasteiger partial charge on any atom is 0.341 e. The summed E-state index contributed by atoms with van der Waals surface area (Å²) in [7, 11) is 0. The van der Waals surface area contributed by atoms with E-state index in [0.717, 1.165) is 0 Å². The molecule has 9 heteroatoms. The number of aliphatic carboxylic acids is 1. The Morgan fingerprint density at radius 1 is 1.41 bits per heavy atom. The van der Waals surface area contributed by atoms with Crippen molar-refractivity contribution < 1.29 is 19.8 Å². The second-order valence-electron chi connectivity index (χ2n) is 2.86. The van der Waals surface area contributed by atoms with Gasteiger partial charge < -0.3 is 15.1 Å². The second-order valence-corrected chi connectivity index (χ2v) is 2.86. The molecule has 0 atom stereocenters. The fourth-order valence-electron chi connectivity index (χ4n) is 1.03. The van der Waals surface area contributed by atoms with Crippen LogP contribution in [0.2, 0.25) is 0 Å². The average molecular weight is 237 g/mol. The minimum atomic E-state index is -1.17. The zero-order chi connectivity index (χ0) is 12.3. The molecule has 0 saturated heterocycles. The van der Waals surface area contributed by atoms with Crippen molar-refractivity contribution in [1.82, 2.24) is 24.9 Å².